The molecule has 0 saturated carbocycles. The van der Waals surface area contributed by atoms with Gasteiger partial charge in [0.25, 0.3) is 0 Å². The molecule has 8 nitrogen and oxygen atoms in total. The standard InChI is InChI=1S/C26H33N3O5S/c1-19-17-27(14-15-28(19)25(31)34-26(2,3)4)18-24(30)29-13-12-20-10-11-22(16-23(20)29)35(32,33)21-8-6-5-7-9-21/h5-11,16,19H,12-15,17-18H2,1-4H3/t19-/m1/s1. The van der Waals surface area contributed by atoms with Crippen LogP contribution in [0.2, 0.25) is 0 Å². The molecule has 2 aromatic rings. The molecule has 0 unspecified atom stereocenters. The van der Waals surface area contributed by atoms with Crippen LogP contribution in [0.5, 0.6) is 0 Å². The molecule has 2 amide bonds. The first-order chi connectivity index (χ1) is 16.5. The number of sulfone groups is 1. The van der Waals surface area contributed by atoms with Gasteiger partial charge in [0.05, 0.1) is 16.3 Å². The van der Waals surface area contributed by atoms with Crippen LogP contribution in [0.15, 0.2) is 58.3 Å². The number of carbonyl (C=O) groups is 2. The number of nitrogens with zero attached hydrogens (tertiary/aromatic N) is 3. The first-order valence-corrected chi connectivity index (χ1v) is 13.4. The number of ether oxygens (including phenoxy) is 1. The molecule has 0 N–H and O–H groups in total. The Bertz CT molecular complexity index is 1210. The number of benzene rings is 2. The molecule has 2 aliphatic rings. The molecule has 4 rings (SSSR count). The van der Waals surface area contributed by atoms with Gasteiger partial charge in [-0.05, 0) is 63.9 Å². The fourth-order valence-corrected chi connectivity index (χ4v) is 5.87. The van der Waals surface area contributed by atoms with Crippen molar-refractivity contribution in [3.63, 3.8) is 0 Å². The maximum absolute atomic E-state index is 13.2. The van der Waals surface area contributed by atoms with Crippen LogP contribution in [-0.2, 0) is 25.8 Å². The van der Waals surface area contributed by atoms with Crippen molar-refractivity contribution in [3.05, 3.63) is 54.1 Å². The molecule has 1 atom stereocenters. The minimum absolute atomic E-state index is 0.0732. The van der Waals surface area contributed by atoms with Gasteiger partial charge >= 0.3 is 6.09 Å². The Balaban J connectivity index is 1.44. The van der Waals surface area contributed by atoms with Crippen molar-refractivity contribution in [2.24, 2.45) is 0 Å². The fourth-order valence-electron chi connectivity index (χ4n) is 4.57. The molecule has 0 spiro atoms. The second kappa shape index (κ2) is 9.62. The third-order valence-electron chi connectivity index (χ3n) is 6.32. The van der Waals surface area contributed by atoms with Gasteiger partial charge in [0.1, 0.15) is 5.60 Å². The number of hydrogen-bond donors (Lipinski definition) is 0. The second-order valence-electron chi connectivity index (χ2n) is 10.2. The Hall–Kier alpha value is -2.91. The minimum Gasteiger partial charge on any atom is -0.444 e. The molecule has 2 aliphatic heterocycles. The number of carbonyl (C=O) groups excluding carboxylic acids is 2. The summed E-state index contributed by atoms with van der Waals surface area (Å²) in [5.41, 5.74) is 1.07. The van der Waals surface area contributed by atoms with Crippen molar-refractivity contribution in [2.45, 2.75) is 55.5 Å². The van der Waals surface area contributed by atoms with Crippen molar-refractivity contribution < 1.29 is 22.7 Å². The molecule has 0 aromatic heterocycles. The lowest BCUT2D eigenvalue weighted by molar-refractivity contribution is -0.120. The van der Waals surface area contributed by atoms with E-state index in [0.29, 0.717) is 38.3 Å². The highest BCUT2D eigenvalue weighted by Crippen LogP contribution is 2.33. The van der Waals surface area contributed by atoms with Crippen LogP contribution in [0.4, 0.5) is 10.5 Å². The highest BCUT2D eigenvalue weighted by molar-refractivity contribution is 7.91. The number of rotatable bonds is 4. The van der Waals surface area contributed by atoms with Gasteiger partial charge in [-0.2, -0.15) is 0 Å². The van der Waals surface area contributed by atoms with Crippen molar-refractivity contribution in [2.75, 3.05) is 37.6 Å². The smallest absolute Gasteiger partial charge is 0.410 e. The van der Waals surface area contributed by atoms with Gasteiger partial charge in [-0.3, -0.25) is 9.69 Å². The molecule has 1 saturated heterocycles. The molecule has 0 aliphatic carbocycles. The lowest BCUT2D eigenvalue weighted by Crippen LogP contribution is -2.56. The molecule has 0 bridgehead atoms. The van der Waals surface area contributed by atoms with E-state index in [4.69, 9.17) is 4.74 Å². The summed E-state index contributed by atoms with van der Waals surface area (Å²) in [6.45, 7) is 9.83. The molecular formula is C26H33N3O5S. The minimum atomic E-state index is -3.67. The Morgan fingerprint density at radius 1 is 1.00 bits per heavy atom. The Labute approximate surface area is 207 Å². The summed E-state index contributed by atoms with van der Waals surface area (Å²) in [5.74, 6) is -0.0732. The fraction of sp³-hybridized carbons (Fsp3) is 0.462. The summed E-state index contributed by atoms with van der Waals surface area (Å²) < 4.78 is 31.7. The number of anilines is 1. The van der Waals surface area contributed by atoms with E-state index in [1.807, 2.05) is 32.6 Å². The van der Waals surface area contributed by atoms with Gasteiger partial charge in [-0.1, -0.05) is 24.3 Å². The molecule has 188 valence electrons. The monoisotopic (exact) mass is 499 g/mol. The molecule has 1 fully saturated rings. The summed E-state index contributed by atoms with van der Waals surface area (Å²) >= 11 is 0. The SMILES string of the molecule is C[C@@H]1CN(CC(=O)N2CCc3ccc(S(=O)(=O)c4ccccc4)cc32)CCN1C(=O)OC(C)(C)C. The van der Waals surface area contributed by atoms with Gasteiger partial charge in [0.15, 0.2) is 0 Å². The van der Waals surface area contributed by atoms with E-state index >= 15 is 0 Å². The van der Waals surface area contributed by atoms with Crippen LogP contribution < -0.4 is 4.90 Å². The quantitative estimate of drug-likeness (QED) is 0.641. The molecule has 35 heavy (non-hydrogen) atoms. The zero-order valence-corrected chi connectivity index (χ0v) is 21.5. The highest BCUT2D eigenvalue weighted by atomic mass is 32.2. The average molecular weight is 500 g/mol. The predicted octanol–water partition coefficient (Wildman–Crippen LogP) is 3.35. The van der Waals surface area contributed by atoms with E-state index in [-0.39, 0.29) is 34.4 Å². The van der Waals surface area contributed by atoms with Crippen LogP contribution in [0.25, 0.3) is 0 Å². The van der Waals surface area contributed by atoms with Crippen molar-refractivity contribution in [1.82, 2.24) is 9.80 Å². The van der Waals surface area contributed by atoms with Crippen LogP contribution in [0.3, 0.4) is 0 Å². The van der Waals surface area contributed by atoms with Gasteiger partial charge in [0.2, 0.25) is 15.7 Å². The summed E-state index contributed by atoms with van der Waals surface area (Å²) in [6, 6.07) is 13.3. The van der Waals surface area contributed by atoms with Gasteiger partial charge in [-0.25, -0.2) is 13.2 Å². The summed E-state index contributed by atoms with van der Waals surface area (Å²) in [7, 11) is -3.67. The van der Waals surface area contributed by atoms with Crippen LogP contribution >= 0.6 is 0 Å². The predicted molar refractivity (Wildman–Crippen MR) is 133 cm³/mol. The van der Waals surface area contributed by atoms with Crippen LogP contribution in [0.1, 0.15) is 33.3 Å². The van der Waals surface area contributed by atoms with Crippen molar-refractivity contribution in [3.8, 4) is 0 Å². The summed E-state index contributed by atoms with van der Waals surface area (Å²) in [5, 5.41) is 0. The molecule has 2 aromatic carbocycles. The largest absolute Gasteiger partial charge is 0.444 e. The average Bonchev–Trinajstić information content (AvgIpc) is 3.22. The summed E-state index contributed by atoms with van der Waals surface area (Å²) in [6.07, 6.45) is 0.354. The summed E-state index contributed by atoms with van der Waals surface area (Å²) in [4.78, 5) is 31.6. The lowest BCUT2D eigenvalue weighted by atomic mass is 10.1. The van der Waals surface area contributed by atoms with E-state index < -0.39 is 15.4 Å². The maximum Gasteiger partial charge on any atom is 0.410 e. The lowest BCUT2D eigenvalue weighted by Gasteiger charge is -2.40. The number of fused-ring (bicyclic) bond motifs is 1. The Morgan fingerprint density at radius 3 is 2.37 bits per heavy atom. The van der Waals surface area contributed by atoms with Crippen LogP contribution in [0, 0.1) is 0 Å². The number of hydrogen-bond acceptors (Lipinski definition) is 6. The number of amides is 2. The normalized spacial score (nSPS) is 18.9. The van der Waals surface area contributed by atoms with Crippen LogP contribution in [-0.4, -0.2) is 74.6 Å². The van der Waals surface area contributed by atoms with Crippen molar-refractivity contribution in [1.29, 1.82) is 0 Å². The van der Waals surface area contributed by atoms with E-state index in [1.165, 1.54) is 0 Å². The Kier molecular flexibility index (Phi) is 6.92. The topological polar surface area (TPSA) is 87.2 Å². The Morgan fingerprint density at radius 2 is 1.71 bits per heavy atom. The first kappa shape index (κ1) is 25.2. The molecular weight excluding hydrogens is 466 g/mol. The zero-order valence-electron chi connectivity index (χ0n) is 20.7. The third-order valence-corrected chi connectivity index (χ3v) is 8.08. The third kappa shape index (κ3) is 5.51. The molecule has 2 heterocycles. The first-order valence-electron chi connectivity index (χ1n) is 11.9. The van der Waals surface area contributed by atoms with E-state index in [9.17, 15) is 18.0 Å². The van der Waals surface area contributed by atoms with E-state index in [0.717, 1.165) is 5.56 Å². The van der Waals surface area contributed by atoms with E-state index in [1.54, 1.807) is 58.3 Å². The zero-order chi connectivity index (χ0) is 25.4. The maximum atomic E-state index is 13.2. The number of piperazine rings is 1. The highest BCUT2D eigenvalue weighted by Gasteiger charge is 2.33. The second-order valence-corrected chi connectivity index (χ2v) is 12.1. The van der Waals surface area contributed by atoms with Crippen molar-refractivity contribution >= 4 is 27.5 Å². The van der Waals surface area contributed by atoms with Gasteiger partial charge in [-0.15, -0.1) is 0 Å². The van der Waals surface area contributed by atoms with Gasteiger partial charge in [0, 0.05) is 37.9 Å². The molecule has 9 heteroatoms. The van der Waals surface area contributed by atoms with Gasteiger partial charge < -0.3 is 14.5 Å². The molecule has 0 radical (unpaired) electrons. The van der Waals surface area contributed by atoms with E-state index in [2.05, 4.69) is 0 Å².